The standard InChI is InChI=1S/C16H21NO2/c18-16(6-7-16)15-2-1-8-17(15)11-12-3-4-14-13(10-12)5-9-19-14/h3-4,10,15,18H,1-2,5-9,11H2. The van der Waals surface area contributed by atoms with E-state index >= 15 is 0 Å². The van der Waals surface area contributed by atoms with E-state index in [1.807, 2.05) is 0 Å². The molecule has 2 aliphatic heterocycles. The first-order valence-electron chi connectivity index (χ1n) is 7.46. The number of benzene rings is 1. The van der Waals surface area contributed by atoms with Gasteiger partial charge < -0.3 is 9.84 Å². The molecule has 2 fully saturated rings. The average Bonchev–Trinajstić information content (AvgIpc) is 2.83. The smallest absolute Gasteiger partial charge is 0.122 e. The molecule has 1 atom stereocenters. The monoisotopic (exact) mass is 259 g/mol. The van der Waals surface area contributed by atoms with Crippen LogP contribution in [-0.2, 0) is 13.0 Å². The van der Waals surface area contributed by atoms with Gasteiger partial charge in [-0.1, -0.05) is 12.1 Å². The molecule has 1 saturated carbocycles. The topological polar surface area (TPSA) is 32.7 Å². The Balaban J connectivity index is 1.51. The van der Waals surface area contributed by atoms with Crippen molar-refractivity contribution in [3.63, 3.8) is 0 Å². The third-order valence-electron chi connectivity index (χ3n) is 4.89. The van der Waals surface area contributed by atoms with Gasteiger partial charge in [-0.25, -0.2) is 0 Å². The second kappa shape index (κ2) is 4.22. The maximum atomic E-state index is 10.4. The lowest BCUT2D eigenvalue weighted by Gasteiger charge is -2.28. The Labute approximate surface area is 114 Å². The largest absolute Gasteiger partial charge is 0.493 e. The Hall–Kier alpha value is -1.06. The molecule has 1 aromatic rings. The second-order valence-electron chi connectivity index (χ2n) is 6.27. The minimum Gasteiger partial charge on any atom is -0.493 e. The van der Waals surface area contributed by atoms with Crippen molar-refractivity contribution in [3.8, 4) is 5.75 Å². The molecule has 0 bridgehead atoms. The van der Waals surface area contributed by atoms with Gasteiger partial charge in [0, 0.05) is 19.0 Å². The van der Waals surface area contributed by atoms with Gasteiger partial charge in [0.15, 0.2) is 0 Å². The van der Waals surface area contributed by atoms with Gasteiger partial charge >= 0.3 is 0 Å². The van der Waals surface area contributed by atoms with Crippen LogP contribution in [0.15, 0.2) is 18.2 Å². The maximum Gasteiger partial charge on any atom is 0.122 e. The van der Waals surface area contributed by atoms with Crippen LogP contribution < -0.4 is 4.74 Å². The van der Waals surface area contributed by atoms with Crippen molar-refractivity contribution in [2.24, 2.45) is 0 Å². The lowest BCUT2D eigenvalue weighted by molar-refractivity contribution is 0.0481. The highest BCUT2D eigenvalue weighted by Crippen LogP contribution is 2.45. The van der Waals surface area contributed by atoms with Crippen LogP contribution in [-0.4, -0.2) is 34.8 Å². The quantitative estimate of drug-likeness (QED) is 0.902. The van der Waals surface area contributed by atoms with Crippen LogP contribution in [0.5, 0.6) is 5.75 Å². The van der Waals surface area contributed by atoms with Crippen LogP contribution in [0, 0.1) is 0 Å². The van der Waals surface area contributed by atoms with Crippen LogP contribution in [0.25, 0.3) is 0 Å². The Morgan fingerprint density at radius 3 is 3.11 bits per heavy atom. The molecular formula is C16H21NO2. The number of likely N-dealkylation sites (tertiary alicyclic amines) is 1. The van der Waals surface area contributed by atoms with E-state index in [9.17, 15) is 5.11 Å². The zero-order valence-corrected chi connectivity index (χ0v) is 11.3. The van der Waals surface area contributed by atoms with Crippen molar-refractivity contribution >= 4 is 0 Å². The molecule has 1 saturated heterocycles. The van der Waals surface area contributed by atoms with Crippen LogP contribution >= 0.6 is 0 Å². The zero-order valence-electron chi connectivity index (χ0n) is 11.3. The van der Waals surface area contributed by atoms with Gasteiger partial charge in [-0.15, -0.1) is 0 Å². The van der Waals surface area contributed by atoms with Gasteiger partial charge in [0.25, 0.3) is 0 Å². The first-order valence-corrected chi connectivity index (χ1v) is 7.46. The maximum absolute atomic E-state index is 10.4. The lowest BCUT2D eigenvalue weighted by atomic mass is 10.0. The van der Waals surface area contributed by atoms with Crippen molar-refractivity contribution in [2.45, 2.75) is 50.3 Å². The molecule has 2 heterocycles. The zero-order chi connectivity index (χ0) is 12.9. The van der Waals surface area contributed by atoms with Crippen LogP contribution in [0.3, 0.4) is 0 Å². The van der Waals surface area contributed by atoms with Gasteiger partial charge in [-0.3, -0.25) is 4.90 Å². The number of fused-ring (bicyclic) bond motifs is 1. The molecular weight excluding hydrogens is 238 g/mol. The Morgan fingerprint density at radius 1 is 1.37 bits per heavy atom. The summed E-state index contributed by atoms with van der Waals surface area (Å²) in [7, 11) is 0. The Kier molecular flexibility index (Phi) is 2.61. The molecule has 19 heavy (non-hydrogen) atoms. The van der Waals surface area contributed by atoms with E-state index in [1.54, 1.807) is 0 Å². The summed E-state index contributed by atoms with van der Waals surface area (Å²) < 4.78 is 5.56. The summed E-state index contributed by atoms with van der Waals surface area (Å²) in [5, 5.41) is 10.4. The van der Waals surface area contributed by atoms with E-state index in [0.29, 0.717) is 6.04 Å². The van der Waals surface area contributed by atoms with Crippen molar-refractivity contribution in [1.29, 1.82) is 0 Å². The molecule has 1 unspecified atom stereocenters. The summed E-state index contributed by atoms with van der Waals surface area (Å²) in [5.41, 5.74) is 2.34. The predicted octanol–water partition coefficient (Wildman–Crippen LogP) is 2.11. The van der Waals surface area contributed by atoms with Crippen molar-refractivity contribution in [1.82, 2.24) is 4.90 Å². The van der Waals surface area contributed by atoms with Gasteiger partial charge in [0.1, 0.15) is 5.75 Å². The molecule has 3 heteroatoms. The lowest BCUT2D eigenvalue weighted by Crippen LogP contribution is -2.40. The number of hydrogen-bond acceptors (Lipinski definition) is 3. The molecule has 0 spiro atoms. The minimum atomic E-state index is -0.365. The summed E-state index contributed by atoms with van der Waals surface area (Å²) >= 11 is 0. The molecule has 1 N–H and O–H groups in total. The van der Waals surface area contributed by atoms with Gasteiger partial charge in [-0.05, 0) is 49.4 Å². The number of hydrogen-bond donors (Lipinski definition) is 1. The van der Waals surface area contributed by atoms with E-state index in [-0.39, 0.29) is 5.60 Å². The van der Waals surface area contributed by atoms with Gasteiger partial charge in [0.2, 0.25) is 0 Å². The first kappa shape index (κ1) is 11.7. The third-order valence-corrected chi connectivity index (χ3v) is 4.89. The fourth-order valence-electron chi connectivity index (χ4n) is 3.66. The molecule has 0 aromatic heterocycles. The van der Waals surface area contributed by atoms with Gasteiger partial charge in [0.05, 0.1) is 12.2 Å². The van der Waals surface area contributed by atoms with E-state index in [0.717, 1.165) is 51.1 Å². The normalized spacial score (nSPS) is 28.2. The van der Waals surface area contributed by atoms with Crippen LogP contribution in [0.1, 0.15) is 36.8 Å². The minimum absolute atomic E-state index is 0.365. The Morgan fingerprint density at radius 2 is 2.26 bits per heavy atom. The number of aliphatic hydroxyl groups is 1. The summed E-state index contributed by atoms with van der Waals surface area (Å²) in [6, 6.07) is 6.96. The molecule has 0 amide bonds. The predicted molar refractivity (Wildman–Crippen MR) is 73.3 cm³/mol. The van der Waals surface area contributed by atoms with Crippen molar-refractivity contribution in [3.05, 3.63) is 29.3 Å². The fraction of sp³-hybridized carbons (Fsp3) is 0.625. The molecule has 3 nitrogen and oxygen atoms in total. The molecule has 1 aromatic carbocycles. The van der Waals surface area contributed by atoms with E-state index in [1.165, 1.54) is 17.5 Å². The van der Waals surface area contributed by atoms with E-state index in [4.69, 9.17) is 4.74 Å². The second-order valence-corrected chi connectivity index (χ2v) is 6.27. The highest BCUT2D eigenvalue weighted by Gasteiger charge is 2.51. The van der Waals surface area contributed by atoms with E-state index in [2.05, 4.69) is 23.1 Å². The summed E-state index contributed by atoms with van der Waals surface area (Å²) in [6.07, 6.45) is 5.40. The third kappa shape index (κ3) is 2.05. The highest BCUT2D eigenvalue weighted by atomic mass is 16.5. The van der Waals surface area contributed by atoms with Crippen LogP contribution in [0.2, 0.25) is 0 Å². The number of rotatable bonds is 3. The Bertz CT molecular complexity index is 496. The SMILES string of the molecule is OC1(C2CCCN2Cc2ccc3c(c2)CCO3)CC1. The fourth-order valence-corrected chi connectivity index (χ4v) is 3.66. The summed E-state index contributed by atoms with van der Waals surface area (Å²) in [5.74, 6) is 1.06. The summed E-state index contributed by atoms with van der Waals surface area (Å²) in [6.45, 7) is 2.92. The van der Waals surface area contributed by atoms with Gasteiger partial charge in [-0.2, -0.15) is 0 Å². The molecule has 4 rings (SSSR count). The first-order chi connectivity index (χ1) is 9.24. The van der Waals surface area contributed by atoms with Crippen molar-refractivity contribution in [2.75, 3.05) is 13.2 Å². The number of ether oxygens (including phenoxy) is 1. The number of nitrogens with zero attached hydrogens (tertiary/aromatic N) is 1. The molecule has 0 radical (unpaired) electrons. The van der Waals surface area contributed by atoms with E-state index < -0.39 is 0 Å². The van der Waals surface area contributed by atoms with Crippen LogP contribution in [0.4, 0.5) is 0 Å². The average molecular weight is 259 g/mol. The highest BCUT2D eigenvalue weighted by molar-refractivity contribution is 5.39. The van der Waals surface area contributed by atoms with Crippen molar-refractivity contribution < 1.29 is 9.84 Å². The molecule has 1 aliphatic carbocycles. The summed E-state index contributed by atoms with van der Waals surface area (Å²) in [4.78, 5) is 2.48. The molecule has 102 valence electrons. The molecule has 3 aliphatic rings.